The van der Waals surface area contributed by atoms with Gasteiger partial charge < -0.3 is 9.13 Å². The second kappa shape index (κ2) is 15.8. The highest BCUT2D eigenvalue weighted by atomic mass is 15.0. The third-order valence-corrected chi connectivity index (χ3v) is 12.5. The van der Waals surface area contributed by atoms with Crippen molar-refractivity contribution in [1.29, 1.82) is 0 Å². The molecule has 0 saturated carbocycles. The Kier molecular flexibility index (Phi) is 9.23. The average Bonchev–Trinajstić information content (AvgIpc) is 3.87. The fourth-order valence-corrected chi connectivity index (χ4v) is 9.43. The molecule has 64 heavy (non-hydrogen) atoms. The largest absolute Gasteiger partial charge is 0.309 e. The van der Waals surface area contributed by atoms with Crippen molar-refractivity contribution in [3.63, 3.8) is 0 Å². The van der Waals surface area contributed by atoms with Crippen LogP contribution in [0.25, 0.3) is 82.9 Å². The van der Waals surface area contributed by atoms with Gasteiger partial charge in [0.1, 0.15) is 0 Å². The number of hydrogen-bond donors (Lipinski definition) is 0. The molecule has 0 spiro atoms. The van der Waals surface area contributed by atoms with Gasteiger partial charge in [0.05, 0.1) is 33.5 Å². The maximum absolute atomic E-state index is 5.26. The van der Waals surface area contributed by atoms with E-state index in [1.165, 1.54) is 49.2 Å². The first-order valence-electron chi connectivity index (χ1n) is 21.9. The zero-order valence-corrected chi connectivity index (χ0v) is 35.0. The van der Waals surface area contributed by atoms with E-state index in [0.29, 0.717) is 5.84 Å². The lowest BCUT2D eigenvalue weighted by atomic mass is 9.99. The standard InChI is InChI=1S/C59H41N5/c1-4-15-41(16-5-1)53-23-14-24-54(62-59(61-53)42-17-6-2-7-18-42)46-35-45(38-60-39-46)43-30-34-57-52(36-43)50-22-11-13-26-56(50)63(57)48-31-27-40(28-32-48)44-29-33-51-49-21-10-12-25-55(49)64(58(51)37-44)47-19-8-3-9-20-47/h1-13,15-23,25-39H,14,24H2. The first-order valence-corrected chi connectivity index (χ1v) is 21.9. The molecule has 12 rings (SSSR count). The molecule has 3 aromatic heterocycles. The second-order valence-corrected chi connectivity index (χ2v) is 16.4. The number of amidine groups is 1. The molecule has 0 atom stereocenters. The smallest absolute Gasteiger partial charge is 0.160 e. The van der Waals surface area contributed by atoms with E-state index in [9.17, 15) is 0 Å². The number of aliphatic imine (C=N–C) groups is 2. The minimum absolute atomic E-state index is 0.700. The predicted octanol–water partition coefficient (Wildman–Crippen LogP) is 14.7. The van der Waals surface area contributed by atoms with Gasteiger partial charge in [0.15, 0.2) is 5.84 Å². The van der Waals surface area contributed by atoms with Crippen molar-refractivity contribution in [2.45, 2.75) is 12.8 Å². The molecule has 0 unspecified atom stereocenters. The molecular formula is C59H41N5. The van der Waals surface area contributed by atoms with Crippen LogP contribution in [-0.2, 0) is 0 Å². The summed E-state index contributed by atoms with van der Waals surface area (Å²) in [7, 11) is 0. The summed E-state index contributed by atoms with van der Waals surface area (Å²) in [4.78, 5) is 15.2. The Balaban J connectivity index is 0.899. The highest BCUT2D eigenvalue weighted by Crippen LogP contribution is 2.38. The van der Waals surface area contributed by atoms with E-state index in [-0.39, 0.29) is 0 Å². The highest BCUT2D eigenvalue weighted by Gasteiger charge is 2.18. The topological polar surface area (TPSA) is 47.5 Å². The van der Waals surface area contributed by atoms with Crippen molar-refractivity contribution in [2.75, 3.05) is 0 Å². The first kappa shape index (κ1) is 37.4. The summed E-state index contributed by atoms with van der Waals surface area (Å²) in [5.74, 6) is 0.700. The van der Waals surface area contributed by atoms with Gasteiger partial charge >= 0.3 is 0 Å². The quantitative estimate of drug-likeness (QED) is 0.158. The molecule has 0 N–H and O–H groups in total. The molecule has 4 heterocycles. The Morgan fingerprint density at radius 2 is 0.891 bits per heavy atom. The Morgan fingerprint density at radius 3 is 1.64 bits per heavy atom. The van der Waals surface area contributed by atoms with Crippen LogP contribution in [0.1, 0.15) is 29.5 Å². The fraction of sp³-hybridized carbons (Fsp3) is 0.0339. The SMILES string of the molecule is C1=C(c2ccccc2)N=C(c2ccccc2)N=C(c2cncc(-c3ccc4c(c3)c3ccccc3n4-c3ccc(-c4ccc5c6ccccc6n(-c6ccccc6)c5c4)cc3)c2)CC1. The number of fused-ring (bicyclic) bond motifs is 6. The lowest BCUT2D eigenvalue weighted by Crippen LogP contribution is -2.09. The van der Waals surface area contributed by atoms with Gasteiger partial charge in [-0.25, -0.2) is 9.98 Å². The zero-order chi connectivity index (χ0) is 42.4. The molecule has 11 aromatic rings. The van der Waals surface area contributed by atoms with Crippen molar-refractivity contribution in [3.05, 3.63) is 241 Å². The summed E-state index contributed by atoms with van der Waals surface area (Å²) in [5.41, 5.74) is 16.5. The number of allylic oxidation sites excluding steroid dienone is 1. The summed E-state index contributed by atoms with van der Waals surface area (Å²) < 4.78 is 4.76. The van der Waals surface area contributed by atoms with Gasteiger partial charge in [-0.1, -0.05) is 152 Å². The van der Waals surface area contributed by atoms with E-state index >= 15 is 0 Å². The Bertz CT molecular complexity index is 3630. The van der Waals surface area contributed by atoms with Gasteiger partial charge in [0, 0.05) is 62.0 Å². The Morgan fingerprint density at radius 1 is 0.344 bits per heavy atom. The van der Waals surface area contributed by atoms with Crippen molar-refractivity contribution < 1.29 is 0 Å². The number of nitrogens with zero attached hydrogens (tertiary/aromatic N) is 5. The fourth-order valence-electron chi connectivity index (χ4n) is 9.43. The van der Waals surface area contributed by atoms with Gasteiger partial charge in [-0.15, -0.1) is 0 Å². The number of rotatable bonds is 7. The van der Waals surface area contributed by atoms with E-state index in [1.54, 1.807) is 0 Å². The van der Waals surface area contributed by atoms with E-state index in [0.717, 1.165) is 69.0 Å². The number of benzene rings is 8. The van der Waals surface area contributed by atoms with Crippen LogP contribution in [-0.4, -0.2) is 25.7 Å². The Labute approximate surface area is 371 Å². The van der Waals surface area contributed by atoms with E-state index in [1.807, 2.05) is 36.7 Å². The summed E-state index contributed by atoms with van der Waals surface area (Å²) in [5, 5.41) is 4.92. The summed E-state index contributed by atoms with van der Waals surface area (Å²) in [6, 6.07) is 73.5. The minimum Gasteiger partial charge on any atom is -0.309 e. The molecule has 0 saturated heterocycles. The molecule has 0 fully saturated rings. The summed E-state index contributed by atoms with van der Waals surface area (Å²) in [6.07, 6.45) is 7.71. The van der Waals surface area contributed by atoms with Crippen LogP contribution in [0.2, 0.25) is 0 Å². The van der Waals surface area contributed by atoms with Gasteiger partial charge in [-0.3, -0.25) is 4.98 Å². The van der Waals surface area contributed by atoms with Gasteiger partial charge in [0.2, 0.25) is 0 Å². The molecule has 5 nitrogen and oxygen atoms in total. The molecule has 1 aliphatic rings. The molecule has 8 aromatic carbocycles. The average molecular weight is 820 g/mol. The molecule has 0 aliphatic carbocycles. The molecule has 0 bridgehead atoms. The molecule has 0 radical (unpaired) electrons. The lowest BCUT2D eigenvalue weighted by molar-refractivity contribution is 1.08. The van der Waals surface area contributed by atoms with Crippen molar-refractivity contribution >= 4 is 60.9 Å². The third-order valence-electron chi connectivity index (χ3n) is 12.5. The van der Waals surface area contributed by atoms with Crippen LogP contribution in [0.15, 0.2) is 235 Å². The maximum Gasteiger partial charge on any atom is 0.160 e. The number of para-hydroxylation sites is 3. The van der Waals surface area contributed by atoms with Crippen molar-refractivity contribution in [1.82, 2.24) is 14.1 Å². The third kappa shape index (κ3) is 6.62. The number of pyridine rings is 1. The second-order valence-electron chi connectivity index (χ2n) is 16.4. The van der Waals surface area contributed by atoms with Gasteiger partial charge in [0.25, 0.3) is 0 Å². The number of aromatic nitrogens is 3. The van der Waals surface area contributed by atoms with Crippen LogP contribution in [0, 0.1) is 0 Å². The zero-order valence-electron chi connectivity index (χ0n) is 35.0. The Hall–Kier alpha value is -8.41. The first-order chi connectivity index (χ1) is 31.7. The van der Waals surface area contributed by atoms with Crippen molar-refractivity contribution in [2.24, 2.45) is 9.98 Å². The summed E-state index contributed by atoms with van der Waals surface area (Å²) >= 11 is 0. The minimum atomic E-state index is 0.700. The maximum atomic E-state index is 5.26. The van der Waals surface area contributed by atoms with Crippen molar-refractivity contribution in [3.8, 4) is 33.6 Å². The van der Waals surface area contributed by atoms with Gasteiger partial charge in [-0.2, -0.15) is 0 Å². The molecule has 5 heteroatoms. The molecule has 302 valence electrons. The highest BCUT2D eigenvalue weighted by molar-refractivity contribution is 6.15. The van der Waals surface area contributed by atoms with Gasteiger partial charge in [-0.05, 0) is 95.8 Å². The monoisotopic (exact) mass is 819 g/mol. The van der Waals surface area contributed by atoms with Crippen LogP contribution >= 0.6 is 0 Å². The van der Waals surface area contributed by atoms with E-state index < -0.39 is 0 Å². The molecule has 0 amide bonds. The predicted molar refractivity (Wildman–Crippen MR) is 267 cm³/mol. The lowest BCUT2D eigenvalue weighted by Gasteiger charge is -2.14. The summed E-state index contributed by atoms with van der Waals surface area (Å²) in [6.45, 7) is 0. The van der Waals surface area contributed by atoms with E-state index in [2.05, 4.69) is 197 Å². The van der Waals surface area contributed by atoms with Crippen LogP contribution < -0.4 is 0 Å². The van der Waals surface area contributed by atoms with Crippen LogP contribution in [0.5, 0.6) is 0 Å². The van der Waals surface area contributed by atoms with Crippen LogP contribution in [0.3, 0.4) is 0 Å². The van der Waals surface area contributed by atoms with Crippen LogP contribution in [0.4, 0.5) is 0 Å². The van der Waals surface area contributed by atoms with E-state index in [4.69, 9.17) is 15.0 Å². The number of hydrogen-bond acceptors (Lipinski definition) is 3. The molecule has 1 aliphatic heterocycles. The molecular weight excluding hydrogens is 779 g/mol. The normalized spacial score (nSPS) is 13.2.